The van der Waals surface area contributed by atoms with Gasteiger partial charge in [-0.3, -0.25) is 0 Å². The molecule has 2 rings (SSSR count). The van der Waals surface area contributed by atoms with Gasteiger partial charge in [-0.1, -0.05) is 12.8 Å². The fourth-order valence-electron chi connectivity index (χ4n) is 2.65. The predicted molar refractivity (Wildman–Crippen MR) is 67.4 cm³/mol. The zero-order valence-corrected chi connectivity index (χ0v) is 10.6. The first kappa shape index (κ1) is 12.6. The van der Waals surface area contributed by atoms with Crippen LogP contribution in [0.15, 0.2) is 12.5 Å². The fraction of sp³-hybridized carbons (Fsp3) is 0.769. The number of aryl methyl sites for hydroxylation is 1. The number of hydrogen-bond acceptors (Lipinski definition) is 3. The molecule has 0 aromatic carbocycles. The van der Waals surface area contributed by atoms with Crippen LogP contribution in [-0.2, 0) is 18.4 Å². The molecule has 1 aliphatic rings. The molecule has 1 fully saturated rings. The molecule has 4 nitrogen and oxygen atoms in total. The Labute approximate surface area is 103 Å². The summed E-state index contributed by atoms with van der Waals surface area (Å²) in [5, 5.41) is 0. The quantitative estimate of drug-likeness (QED) is 0.848. The van der Waals surface area contributed by atoms with E-state index in [4.69, 9.17) is 10.5 Å². The van der Waals surface area contributed by atoms with Crippen molar-refractivity contribution in [3.63, 3.8) is 0 Å². The van der Waals surface area contributed by atoms with Crippen molar-refractivity contribution in [2.24, 2.45) is 24.6 Å². The minimum absolute atomic E-state index is 0.655. The minimum atomic E-state index is 0.655. The molecule has 1 saturated carbocycles. The van der Waals surface area contributed by atoms with Gasteiger partial charge < -0.3 is 15.0 Å². The molecule has 2 unspecified atom stereocenters. The van der Waals surface area contributed by atoms with Crippen molar-refractivity contribution >= 4 is 0 Å². The van der Waals surface area contributed by atoms with E-state index in [1.165, 1.54) is 25.7 Å². The largest absolute Gasteiger partial charge is 0.375 e. The maximum atomic E-state index is 5.81. The Morgan fingerprint density at radius 2 is 2.18 bits per heavy atom. The van der Waals surface area contributed by atoms with E-state index in [9.17, 15) is 0 Å². The molecule has 0 amide bonds. The van der Waals surface area contributed by atoms with Crippen LogP contribution in [0, 0.1) is 11.8 Å². The molecule has 1 heterocycles. The molecule has 96 valence electrons. The summed E-state index contributed by atoms with van der Waals surface area (Å²) < 4.78 is 7.82. The van der Waals surface area contributed by atoms with E-state index in [1.807, 2.05) is 24.1 Å². The predicted octanol–water partition coefficient (Wildman–Crippen LogP) is 1.70. The van der Waals surface area contributed by atoms with Crippen molar-refractivity contribution in [2.45, 2.75) is 32.3 Å². The van der Waals surface area contributed by atoms with Crippen molar-refractivity contribution in [3.8, 4) is 0 Å². The standard InChI is InChI=1S/C13H23N3O/c1-16-10-15-7-13(16)9-17-8-12-5-3-2-4-11(12)6-14/h7,10-12H,2-6,8-9,14H2,1H3. The van der Waals surface area contributed by atoms with E-state index in [2.05, 4.69) is 4.98 Å². The molecule has 1 aromatic heterocycles. The third-order valence-electron chi connectivity index (χ3n) is 3.87. The lowest BCUT2D eigenvalue weighted by atomic mass is 9.80. The van der Waals surface area contributed by atoms with Crippen molar-refractivity contribution in [3.05, 3.63) is 18.2 Å². The summed E-state index contributed by atoms with van der Waals surface area (Å²) in [5.41, 5.74) is 6.94. The fourth-order valence-corrected chi connectivity index (χ4v) is 2.65. The Bertz CT molecular complexity index is 337. The molecule has 2 N–H and O–H groups in total. The average Bonchev–Trinajstić information content (AvgIpc) is 2.76. The Hall–Kier alpha value is -0.870. The van der Waals surface area contributed by atoms with E-state index in [-0.39, 0.29) is 0 Å². The minimum Gasteiger partial charge on any atom is -0.375 e. The average molecular weight is 237 g/mol. The smallest absolute Gasteiger partial charge is 0.0946 e. The number of hydrogen-bond donors (Lipinski definition) is 1. The Morgan fingerprint density at radius 3 is 2.82 bits per heavy atom. The van der Waals surface area contributed by atoms with Gasteiger partial charge in [0.15, 0.2) is 0 Å². The molecule has 0 spiro atoms. The van der Waals surface area contributed by atoms with Crippen LogP contribution in [-0.4, -0.2) is 22.7 Å². The molecule has 0 radical (unpaired) electrons. The van der Waals surface area contributed by atoms with Gasteiger partial charge in [0.2, 0.25) is 0 Å². The Morgan fingerprint density at radius 1 is 1.41 bits per heavy atom. The SMILES string of the molecule is Cn1cncc1COCC1CCCCC1CN. The van der Waals surface area contributed by atoms with Gasteiger partial charge in [-0.15, -0.1) is 0 Å². The second-order valence-electron chi connectivity index (χ2n) is 5.05. The summed E-state index contributed by atoms with van der Waals surface area (Å²) in [4.78, 5) is 4.08. The highest BCUT2D eigenvalue weighted by atomic mass is 16.5. The van der Waals surface area contributed by atoms with E-state index < -0.39 is 0 Å². The second-order valence-corrected chi connectivity index (χ2v) is 5.05. The van der Waals surface area contributed by atoms with Crippen LogP contribution >= 0.6 is 0 Å². The number of ether oxygens (including phenoxy) is 1. The lowest BCUT2D eigenvalue weighted by molar-refractivity contribution is 0.0487. The summed E-state index contributed by atoms with van der Waals surface area (Å²) in [5.74, 6) is 1.32. The van der Waals surface area contributed by atoms with Gasteiger partial charge in [-0.25, -0.2) is 4.98 Å². The molecule has 1 aromatic rings. The molecule has 4 heteroatoms. The summed E-state index contributed by atoms with van der Waals surface area (Å²) in [7, 11) is 2.00. The van der Waals surface area contributed by atoms with Gasteiger partial charge in [0, 0.05) is 7.05 Å². The van der Waals surface area contributed by atoms with Crippen molar-refractivity contribution in [2.75, 3.05) is 13.2 Å². The summed E-state index contributed by atoms with van der Waals surface area (Å²) in [6.07, 6.45) is 8.88. The van der Waals surface area contributed by atoms with Crippen molar-refractivity contribution < 1.29 is 4.74 Å². The Kier molecular flexibility index (Phi) is 4.57. The second kappa shape index (κ2) is 6.17. The van der Waals surface area contributed by atoms with Crippen LogP contribution in [0.25, 0.3) is 0 Å². The normalized spacial score (nSPS) is 25.1. The van der Waals surface area contributed by atoms with Crippen molar-refractivity contribution in [1.29, 1.82) is 0 Å². The molecule has 0 saturated heterocycles. The van der Waals surface area contributed by atoms with Crippen LogP contribution in [0.1, 0.15) is 31.4 Å². The number of imidazole rings is 1. The van der Waals surface area contributed by atoms with Crippen LogP contribution < -0.4 is 5.73 Å². The summed E-state index contributed by atoms with van der Waals surface area (Å²) in [6.45, 7) is 2.30. The maximum absolute atomic E-state index is 5.81. The van der Waals surface area contributed by atoms with Gasteiger partial charge in [-0.2, -0.15) is 0 Å². The zero-order valence-electron chi connectivity index (χ0n) is 10.6. The highest BCUT2D eigenvalue weighted by Gasteiger charge is 2.23. The number of rotatable bonds is 5. The number of nitrogens with two attached hydrogens (primary N) is 1. The monoisotopic (exact) mass is 237 g/mol. The van der Waals surface area contributed by atoms with Crippen LogP contribution in [0.3, 0.4) is 0 Å². The lowest BCUT2D eigenvalue weighted by Crippen LogP contribution is -2.29. The summed E-state index contributed by atoms with van der Waals surface area (Å²) >= 11 is 0. The van der Waals surface area contributed by atoms with Gasteiger partial charge in [0.05, 0.1) is 31.4 Å². The van der Waals surface area contributed by atoms with E-state index in [1.54, 1.807) is 0 Å². The van der Waals surface area contributed by atoms with Gasteiger partial charge in [0.25, 0.3) is 0 Å². The summed E-state index contributed by atoms with van der Waals surface area (Å²) in [6, 6.07) is 0. The van der Waals surface area contributed by atoms with E-state index in [0.29, 0.717) is 18.4 Å². The molecule has 0 aliphatic heterocycles. The number of aromatic nitrogens is 2. The van der Waals surface area contributed by atoms with Gasteiger partial charge >= 0.3 is 0 Å². The van der Waals surface area contributed by atoms with E-state index >= 15 is 0 Å². The molecular weight excluding hydrogens is 214 g/mol. The highest BCUT2D eigenvalue weighted by molar-refractivity contribution is 4.95. The van der Waals surface area contributed by atoms with Gasteiger partial charge in [0.1, 0.15) is 0 Å². The van der Waals surface area contributed by atoms with E-state index in [0.717, 1.165) is 18.8 Å². The maximum Gasteiger partial charge on any atom is 0.0946 e. The topological polar surface area (TPSA) is 53.1 Å². The first-order valence-electron chi connectivity index (χ1n) is 6.54. The molecule has 1 aliphatic carbocycles. The highest BCUT2D eigenvalue weighted by Crippen LogP contribution is 2.29. The molecule has 0 bridgehead atoms. The van der Waals surface area contributed by atoms with Crippen molar-refractivity contribution in [1.82, 2.24) is 9.55 Å². The third-order valence-corrected chi connectivity index (χ3v) is 3.87. The zero-order chi connectivity index (χ0) is 12.1. The molecule has 2 atom stereocenters. The first-order chi connectivity index (χ1) is 8.31. The van der Waals surface area contributed by atoms with Crippen LogP contribution in [0.2, 0.25) is 0 Å². The van der Waals surface area contributed by atoms with Crippen LogP contribution in [0.5, 0.6) is 0 Å². The molecular formula is C13H23N3O. The first-order valence-corrected chi connectivity index (χ1v) is 6.54. The molecule has 17 heavy (non-hydrogen) atoms. The third kappa shape index (κ3) is 3.30. The van der Waals surface area contributed by atoms with Gasteiger partial charge in [-0.05, 0) is 31.2 Å². The van der Waals surface area contributed by atoms with Crippen LogP contribution in [0.4, 0.5) is 0 Å². The number of nitrogens with zero attached hydrogens (tertiary/aromatic N) is 2. The Balaban J connectivity index is 1.75. The lowest BCUT2D eigenvalue weighted by Gasteiger charge is -2.30.